The molecule has 182 valence electrons. The van der Waals surface area contributed by atoms with Crippen molar-refractivity contribution in [3.05, 3.63) is 57.0 Å². The Balaban J connectivity index is 3.17. The molecule has 1 aromatic rings. The molecule has 0 aromatic heterocycles. The number of methoxy groups -OCH3 is 1. The Morgan fingerprint density at radius 2 is 1.94 bits per heavy atom. The van der Waals surface area contributed by atoms with Gasteiger partial charge >= 0.3 is 0 Å². The van der Waals surface area contributed by atoms with Gasteiger partial charge in [0.25, 0.3) is 0 Å². The number of benzene rings is 1. The summed E-state index contributed by atoms with van der Waals surface area (Å²) in [5.74, 6) is 12.2. The van der Waals surface area contributed by atoms with Crippen LogP contribution in [0.3, 0.4) is 0 Å². The van der Waals surface area contributed by atoms with Crippen molar-refractivity contribution in [1.29, 1.82) is 0 Å². The maximum absolute atomic E-state index is 6.14. The van der Waals surface area contributed by atoms with Crippen LogP contribution in [0.5, 0.6) is 0 Å². The molecule has 11 heteroatoms. The van der Waals surface area contributed by atoms with E-state index in [0.29, 0.717) is 59.2 Å². The number of allylic oxidation sites excluding steroid dienone is 1. The van der Waals surface area contributed by atoms with Gasteiger partial charge in [0.15, 0.2) is 0 Å². The van der Waals surface area contributed by atoms with E-state index in [0.717, 1.165) is 23.1 Å². The van der Waals surface area contributed by atoms with Gasteiger partial charge in [-0.25, -0.2) is 5.84 Å². The molecule has 0 aliphatic carbocycles. The van der Waals surface area contributed by atoms with Crippen LogP contribution in [0.4, 0.5) is 0 Å². The Morgan fingerprint density at radius 1 is 1.21 bits per heavy atom. The number of hydrogen-bond donors (Lipinski definition) is 5. The molecule has 0 saturated heterocycles. The van der Waals surface area contributed by atoms with Crippen LogP contribution in [0.15, 0.2) is 56.5 Å². The Hall–Kier alpha value is -2.75. The number of rotatable bonds is 11. The maximum Gasteiger partial charge on any atom is 0.241 e. The highest BCUT2D eigenvalue weighted by molar-refractivity contribution is 6.45. The van der Waals surface area contributed by atoms with E-state index >= 15 is 0 Å². The third-order valence-corrected chi connectivity index (χ3v) is 5.51. The second-order valence-electron chi connectivity index (χ2n) is 7.11. The third kappa shape index (κ3) is 9.33. The van der Waals surface area contributed by atoms with Crippen LogP contribution in [0.1, 0.15) is 45.6 Å². The van der Waals surface area contributed by atoms with Crippen LogP contribution in [0, 0.1) is 0 Å². The molecule has 33 heavy (non-hydrogen) atoms. The van der Waals surface area contributed by atoms with Gasteiger partial charge in [-0.15, -0.1) is 0 Å². The van der Waals surface area contributed by atoms with E-state index in [-0.39, 0.29) is 0 Å². The van der Waals surface area contributed by atoms with Gasteiger partial charge in [0.1, 0.15) is 17.4 Å². The van der Waals surface area contributed by atoms with E-state index < -0.39 is 0 Å². The van der Waals surface area contributed by atoms with Crippen molar-refractivity contribution in [2.45, 2.75) is 46.6 Å². The summed E-state index contributed by atoms with van der Waals surface area (Å²) in [7, 11) is 1.55. The van der Waals surface area contributed by atoms with Gasteiger partial charge < -0.3 is 27.1 Å². The minimum absolute atomic E-state index is 0.350. The molecule has 0 bridgehead atoms. The average molecular weight is 497 g/mol. The Bertz CT molecular complexity index is 938. The number of halogens is 2. The summed E-state index contributed by atoms with van der Waals surface area (Å²) in [6, 6.07) is 5.49. The number of nitrogens with one attached hydrogen (secondary N) is 2. The van der Waals surface area contributed by atoms with E-state index in [1.807, 2.05) is 26.0 Å². The third-order valence-electron chi connectivity index (χ3n) is 4.78. The molecule has 0 aliphatic heterocycles. The quantitative estimate of drug-likeness (QED) is 0.104. The first kappa shape index (κ1) is 28.3. The van der Waals surface area contributed by atoms with E-state index in [2.05, 4.69) is 27.8 Å². The summed E-state index contributed by atoms with van der Waals surface area (Å²) in [5.41, 5.74) is 11.5. The number of nitrogens with two attached hydrogens (primary N) is 3. The van der Waals surface area contributed by atoms with Crippen LogP contribution in [0.2, 0.25) is 10.0 Å². The molecule has 1 aromatic carbocycles. The van der Waals surface area contributed by atoms with Crippen molar-refractivity contribution in [2.75, 3.05) is 13.7 Å². The smallest absolute Gasteiger partial charge is 0.241 e. The van der Waals surface area contributed by atoms with Crippen LogP contribution in [-0.2, 0) is 11.3 Å². The summed E-state index contributed by atoms with van der Waals surface area (Å²) >= 11 is 12.2. The molecule has 0 fully saturated rings. The van der Waals surface area contributed by atoms with Gasteiger partial charge in [-0.2, -0.15) is 10.1 Å². The second kappa shape index (κ2) is 15.2. The molecule has 0 unspecified atom stereocenters. The van der Waals surface area contributed by atoms with E-state index in [4.69, 9.17) is 50.4 Å². The fourth-order valence-corrected chi connectivity index (χ4v) is 2.96. The number of hydrazine groups is 1. The lowest BCUT2D eigenvalue weighted by Crippen LogP contribution is -2.31. The summed E-state index contributed by atoms with van der Waals surface area (Å²) in [5, 5.41) is 7.94. The fraction of sp³-hybridized carbons (Fsp3) is 0.409. The lowest BCUT2D eigenvalue weighted by Gasteiger charge is -2.14. The number of amidine groups is 1. The maximum atomic E-state index is 6.14. The van der Waals surface area contributed by atoms with Crippen LogP contribution in [-0.4, -0.2) is 31.1 Å². The lowest BCUT2D eigenvalue weighted by molar-refractivity contribution is 0.409. The molecule has 0 saturated carbocycles. The molecule has 1 rings (SSSR count). The largest absolute Gasteiger partial charge is 0.479 e. The van der Waals surface area contributed by atoms with Crippen LogP contribution in [0.25, 0.3) is 0 Å². The monoisotopic (exact) mass is 496 g/mol. The van der Waals surface area contributed by atoms with E-state index in [1.54, 1.807) is 13.2 Å². The zero-order valence-corrected chi connectivity index (χ0v) is 21.1. The number of ether oxygens (including phenoxy) is 1. The second-order valence-corrected chi connectivity index (χ2v) is 7.92. The highest BCUT2D eigenvalue weighted by Crippen LogP contribution is 2.22. The molecule has 0 radical (unpaired) electrons. The van der Waals surface area contributed by atoms with Crippen molar-refractivity contribution in [2.24, 2.45) is 32.5 Å². The first-order valence-electron chi connectivity index (χ1n) is 10.5. The molecule has 0 amide bonds. The zero-order chi connectivity index (χ0) is 24.8. The van der Waals surface area contributed by atoms with Gasteiger partial charge in [-0.1, -0.05) is 36.2 Å². The van der Waals surface area contributed by atoms with Crippen molar-refractivity contribution in [1.82, 2.24) is 10.7 Å². The molecule has 0 spiro atoms. The first-order chi connectivity index (χ1) is 15.8. The Kier molecular flexibility index (Phi) is 13.0. The van der Waals surface area contributed by atoms with Gasteiger partial charge in [0.2, 0.25) is 5.90 Å². The summed E-state index contributed by atoms with van der Waals surface area (Å²) in [6.45, 7) is 6.90. The molecule has 0 aliphatic rings. The predicted octanol–water partition coefficient (Wildman–Crippen LogP) is 3.59. The zero-order valence-electron chi connectivity index (χ0n) is 19.6. The van der Waals surface area contributed by atoms with Gasteiger partial charge in [-0.05, 0) is 61.7 Å². The minimum Gasteiger partial charge on any atom is -0.479 e. The fourth-order valence-electron chi connectivity index (χ4n) is 2.64. The lowest BCUT2D eigenvalue weighted by atomic mass is 10.1. The van der Waals surface area contributed by atoms with Crippen molar-refractivity contribution in [3.63, 3.8) is 0 Å². The minimum atomic E-state index is 0.350. The van der Waals surface area contributed by atoms with Crippen molar-refractivity contribution in [3.8, 4) is 0 Å². The molecule has 9 nitrogen and oxygen atoms in total. The van der Waals surface area contributed by atoms with Crippen molar-refractivity contribution < 1.29 is 4.74 Å². The molecular weight excluding hydrogens is 463 g/mol. The normalized spacial score (nSPS) is 14.2. The molecule has 8 N–H and O–H groups in total. The first-order valence-corrected chi connectivity index (χ1v) is 11.2. The standard InChI is InChI=1S/C22H34Cl2N8O/c1-5-14(2)21(29-13-16-8-9-17(23)18(24)11-16)30-22(33-4)20(15(3)12-25)28-10-6-7-19(31-26)32-27/h8-9,11-12,29H,5-7,10,13,25-27H2,1-4H3,(H,31,32)/b15-12-,21-14?,28-20?,30-22+. The highest BCUT2D eigenvalue weighted by Gasteiger charge is 2.14. The molecule has 0 heterocycles. The number of hydrogen-bond acceptors (Lipinski definition) is 8. The summed E-state index contributed by atoms with van der Waals surface area (Å²) in [6.07, 6.45) is 3.50. The van der Waals surface area contributed by atoms with Gasteiger partial charge in [0.05, 0.1) is 17.2 Å². The molecule has 0 atom stereocenters. The number of hydrazone groups is 1. The highest BCUT2D eigenvalue weighted by atomic mass is 35.5. The van der Waals surface area contributed by atoms with Crippen LogP contribution >= 0.6 is 23.2 Å². The van der Waals surface area contributed by atoms with Gasteiger partial charge in [-0.3, -0.25) is 4.99 Å². The number of aliphatic imine (C=N–C) groups is 2. The van der Waals surface area contributed by atoms with E-state index in [1.165, 1.54) is 6.20 Å². The summed E-state index contributed by atoms with van der Waals surface area (Å²) < 4.78 is 5.60. The van der Waals surface area contributed by atoms with Gasteiger partial charge in [0, 0.05) is 19.5 Å². The van der Waals surface area contributed by atoms with Crippen LogP contribution < -0.4 is 28.2 Å². The number of nitrogens with zero attached hydrogens (tertiary/aromatic N) is 3. The van der Waals surface area contributed by atoms with E-state index in [9.17, 15) is 0 Å². The SMILES string of the molecule is CCC(C)=C(/N=C(/OC)C(=NCCC/C(=N/N)NN)/C(C)=C\N)NCc1ccc(Cl)c(Cl)c1. The average Bonchev–Trinajstić information content (AvgIpc) is 2.83. The molecular formula is C22H34Cl2N8O. The topological polar surface area (TPSA) is 148 Å². The predicted molar refractivity (Wildman–Crippen MR) is 139 cm³/mol. The van der Waals surface area contributed by atoms with Crippen molar-refractivity contribution >= 4 is 40.6 Å². The Labute approximate surface area is 205 Å². The Morgan fingerprint density at radius 3 is 2.48 bits per heavy atom. The summed E-state index contributed by atoms with van der Waals surface area (Å²) in [4.78, 5) is 9.39.